The third kappa shape index (κ3) is 5.72. The van der Waals surface area contributed by atoms with Crippen LogP contribution in [0.4, 0.5) is 11.5 Å². The Balaban J connectivity index is 1.50. The molecular formula is C23H25N3O3. The van der Waals surface area contributed by atoms with Gasteiger partial charge in [0, 0.05) is 12.1 Å². The fourth-order valence-corrected chi connectivity index (χ4v) is 2.91. The molecule has 6 nitrogen and oxygen atoms in total. The van der Waals surface area contributed by atoms with E-state index in [4.69, 9.17) is 9.47 Å². The van der Waals surface area contributed by atoms with Crippen LogP contribution < -0.4 is 20.1 Å². The topological polar surface area (TPSA) is 72.5 Å². The number of amides is 1. The molecule has 0 saturated heterocycles. The maximum absolute atomic E-state index is 12.5. The van der Waals surface area contributed by atoms with Crippen molar-refractivity contribution in [1.82, 2.24) is 4.98 Å². The predicted molar refractivity (Wildman–Crippen MR) is 115 cm³/mol. The van der Waals surface area contributed by atoms with Gasteiger partial charge in [0.05, 0.1) is 26.1 Å². The van der Waals surface area contributed by atoms with Gasteiger partial charge in [-0.3, -0.25) is 4.79 Å². The van der Waals surface area contributed by atoms with Gasteiger partial charge in [0.15, 0.2) is 11.5 Å². The van der Waals surface area contributed by atoms with Crippen LogP contribution in [0.25, 0.3) is 0 Å². The van der Waals surface area contributed by atoms with Crippen molar-refractivity contribution in [3.8, 4) is 11.5 Å². The lowest BCUT2D eigenvalue weighted by atomic mass is 10.1. The molecule has 0 aliphatic heterocycles. The van der Waals surface area contributed by atoms with E-state index in [1.54, 1.807) is 31.5 Å². The van der Waals surface area contributed by atoms with Crippen molar-refractivity contribution in [2.45, 2.75) is 12.8 Å². The molecule has 2 aromatic carbocycles. The Morgan fingerprint density at radius 2 is 1.76 bits per heavy atom. The molecule has 0 fully saturated rings. The summed E-state index contributed by atoms with van der Waals surface area (Å²) in [5.74, 6) is 1.63. The van der Waals surface area contributed by atoms with Crippen molar-refractivity contribution in [3.63, 3.8) is 0 Å². The maximum Gasteiger partial charge on any atom is 0.255 e. The second-order valence-corrected chi connectivity index (χ2v) is 6.47. The summed E-state index contributed by atoms with van der Waals surface area (Å²) in [7, 11) is 3.09. The quantitative estimate of drug-likeness (QED) is 0.529. The van der Waals surface area contributed by atoms with E-state index in [-0.39, 0.29) is 5.91 Å². The molecule has 2 N–H and O–H groups in total. The predicted octanol–water partition coefficient (Wildman–Crippen LogP) is 4.40. The van der Waals surface area contributed by atoms with E-state index in [1.807, 2.05) is 18.2 Å². The van der Waals surface area contributed by atoms with E-state index >= 15 is 0 Å². The first-order valence-electron chi connectivity index (χ1n) is 9.47. The minimum absolute atomic E-state index is 0.240. The van der Waals surface area contributed by atoms with E-state index in [0.29, 0.717) is 22.7 Å². The summed E-state index contributed by atoms with van der Waals surface area (Å²) in [4.78, 5) is 16.8. The van der Waals surface area contributed by atoms with E-state index < -0.39 is 0 Å². The molecule has 0 radical (unpaired) electrons. The summed E-state index contributed by atoms with van der Waals surface area (Å²) in [5, 5.41) is 6.14. The van der Waals surface area contributed by atoms with Gasteiger partial charge in [-0.1, -0.05) is 30.3 Å². The number of carbonyl (C=O) groups is 1. The highest BCUT2D eigenvalue weighted by atomic mass is 16.5. The van der Waals surface area contributed by atoms with Crippen molar-refractivity contribution in [3.05, 3.63) is 78.0 Å². The lowest BCUT2D eigenvalue weighted by molar-refractivity contribution is 0.102. The van der Waals surface area contributed by atoms with Gasteiger partial charge in [0.1, 0.15) is 5.82 Å². The summed E-state index contributed by atoms with van der Waals surface area (Å²) in [6.45, 7) is 0.833. The van der Waals surface area contributed by atoms with Crippen LogP contribution in [0.3, 0.4) is 0 Å². The van der Waals surface area contributed by atoms with Gasteiger partial charge in [-0.15, -0.1) is 0 Å². The molecular weight excluding hydrogens is 366 g/mol. The number of rotatable bonds is 9. The molecule has 150 valence electrons. The van der Waals surface area contributed by atoms with Crippen molar-refractivity contribution >= 4 is 17.4 Å². The van der Waals surface area contributed by atoms with Crippen LogP contribution in [0.15, 0.2) is 66.9 Å². The van der Waals surface area contributed by atoms with Gasteiger partial charge in [-0.05, 0) is 48.7 Å². The number of benzene rings is 2. The van der Waals surface area contributed by atoms with Crippen LogP contribution in [0.5, 0.6) is 11.5 Å². The summed E-state index contributed by atoms with van der Waals surface area (Å²) < 4.78 is 10.4. The van der Waals surface area contributed by atoms with E-state index in [1.165, 1.54) is 12.7 Å². The van der Waals surface area contributed by atoms with Gasteiger partial charge in [0.2, 0.25) is 0 Å². The number of aromatic nitrogens is 1. The smallest absolute Gasteiger partial charge is 0.255 e. The van der Waals surface area contributed by atoms with Crippen molar-refractivity contribution in [1.29, 1.82) is 0 Å². The van der Waals surface area contributed by atoms with Crippen LogP contribution in [0, 0.1) is 0 Å². The summed E-state index contributed by atoms with van der Waals surface area (Å²) >= 11 is 0. The number of pyridine rings is 1. The van der Waals surface area contributed by atoms with Crippen LogP contribution in [-0.2, 0) is 6.42 Å². The standard InChI is InChI=1S/C23H25N3O3/c1-28-20-12-10-18(15-21(20)29-2)23(27)26-19-11-13-22(25-16-19)24-14-6-9-17-7-4-3-5-8-17/h3-5,7-8,10-13,15-16H,6,9,14H2,1-2H3,(H,24,25)(H,26,27). The third-order valence-electron chi connectivity index (χ3n) is 4.46. The zero-order valence-electron chi connectivity index (χ0n) is 16.6. The number of anilines is 2. The Kier molecular flexibility index (Phi) is 7.05. The zero-order valence-corrected chi connectivity index (χ0v) is 16.6. The molecule has 0 saturated carbocycles. The minimum Gasteiger partial charge on any atom is -0.493 e. The molecule has 1 aromatic heterocycles. The molecule has 0 atom stereocenters. The van der Waals surface area contributed by atoms with E-state index in [9.17, 15) is 4.79 Å². The van der Waals surface area contributed by atoms with Crippen molar-refractivity contribution < 1.29 is 14.3 Å². The Labute approximate surface area is 170 Å². The molecule has 0 bridgehead atoms. The Bertz CT molecular complexity index is 928. The molecule has 1 heterocycles. The van der Waals surface area contributed by atoms with Crippen LogP contribution in [-0.4, -0.2) is 31.7 Å². The number of ether oxygens (including phenoxy) is 2. The number of carbonyl (C=O) groups excluding carboxylic acids is 1. The first-order valence-corrected chi connectivity index (χ1v) is 9.47. The van der Waals surface area contributed by atoms with Gasteiger partial charge >= 0.3 is 0 Å². The second-order valence-electron chi connectivity index (χ2n) is 6.47. The molecule has 0 aliphatic carbocycles. The molecule has 0 spiro atoms. The molecule has 3 aromatic rings. The van der Waals surface area contributed by atoms with E-state index in [0.717, 1.165) is 25.2 Å². The normalized spacial score (nSPS) is 10.3. The van der Waals surface area contributed by atoms with Crippen molar-refractivity contribution in [2.75, 3.05) is 31.4 Å². The Morgan fingerprint density at radius 1 is 0.966 bits per heavy atom. The van der Waals surface area contributed by atoms with Gasteiger partial charge < -0.3 is 20.1 Å². The monoisotopic (exact) mass is 391 g/mol. The lowest BCUT2D eigenvalue weighted by Crippen LogP contribution is -2.12. The zero-order chi connectivity index (χ0) is 20.5. The van der Waals surface area contributed by atoms with Gasteiger partial charge in [-0.2, -0.15) is 0 Å². The fourth-order valence-electron chi connectivity index (χ4n) is 2.91. The largest absolute Gasteiger partial charge is 0.493 e. The number of methoxy groups -OCH3 is 2. The average Bonchev–Trinajstić information content (AvgIpc) is 2.78. The summed E-state index contributed by atoms with van der Waals surface area (Å²) in [6, 6.07) is 19.1. The molecule has 29 heavy (non-hydrogen) atoms. The number of hydrogen-bond acceptors (Lipinski definition) is 5. The molecule has 0 aliphatic rings. The highest BCUT2D eigenvalue weighted by Crippen LogP contribution is 2.27. The van der Waals surface area contributed by atoms with Gasteiger partial charge in [0.25, 0.3) is 5.91 Å². The molecule has 3 rings (SSSR count). The second kappa shape index (κ2) is 10.1. The number of nitrogens with zero attached hydrogens (tertiary/aromatic N) is 1. The highest BCUT2D eigenvalue weighted by molar-refractivity contribution is 6.04. The molecule has 1 amide bonds. The SMILES string of the molecule is COc1ccc(C(=O)Nc2ccc(NCCCc3ccccc3)nc2)cc1OC. The average molecular weight is 391 g/mol. The number of hydrogen-bond donors (Lipinski definition) is 2. The minimum atomic E-state index is -0.240. The summed E-state index contributed by atoms with van der Waals surface area (Å²) in [6.07, 6.45) is 3.68. The molecule has 0 unspecified atom stereocenters. The maximum atomic E-state index is 12.5. The fraction of sp³-hybridized carbons (Fsp3) is 0.217. The first-order chi connectivity index (χ1) is 14.2. The van der Waals surface area contributed by atoms with Crippen LogP contribution in [0.1, 0.15) is 22.3 Å². The van der Waals surface area contributed by atoms with Crippen LogP contribution >= 0.6 is 0 Å². The number of nitrogens with one attached hydrogen (secondary N) is 2. The Hall–Kier alpha value is -3.54. The third-order valence-corrected chi connectivity index (χ3v) is 4.46. The van der Waals surface area contributed by atoms with Crippen LogP contribution in [0.2, 0.25) is 0 Å². The number of aryl methyl sites for hydroxylation is 1. The lowest BCUT2D eigenvalue weighted by Gasteiger charge is -2.10. The van der Waals surface area contributed by atoms with E-state index in [2.05, 4.69) is 39.9 Å². The summed E-state index contributed by atoms with van der Waals surface area (Å²) in [5.41, 5.74) is 2.43. The van der Waals surface area contributed by atoms with Gasteiger partial charge in [-0.25, -0.2) is 4.98 Å². The molecule has 6 heteroatoms. The Morgan fingerprint density at radius 3 is 2.45 bits per heavy atom. The van der Waals surface area contributed by atoms with Crippen molar-refractivity contribution in [2.24, 2.45) is 0 Å². The highest BCUT2D eigenvalue weighted by Gasteiger charge is 2.11. The first kappa shape index (κ1) is 20.2.